The van der Waals surface area contributed by atoms with Gasteiger partial charge in [0, 0.05) is 11.0 Å². The topological polar surface area (TPSA) is 12.0 Å². The summed E-state index contributed by atoms with van der Waals surface area (Å²) in [7, 11) is 0. The smallest absolute Gasteiger partial charge is 0.127 e. The number of rotatable bonds is 4. The highest BCUT2D eigenvalue weighted by Crippen LogP contribution is 2.29. The Morgan fingerprint density at radius 2 is 2.06 bits per heavy atom. The van der Waals surface area contributed by atoms with E-state index in [1.54, 1.807) is 12.1 Å². The van der Waals surface area contributed by atoms with Crippen LogP contribution in [0.2, 0.25) is 0 Å². The summed E-state index contributed by atoms with van der Waals surface area (Å²) in [4.78, 5) is 0. The molecule has 2 rings (SSSR count). The lowest BCUT2D eigenvalue weighted by atomic mass is 9.95. The van der Waals surface area contributed by atoms with Crippen LogP contribution in [-0.4, -0.2) is 18.3 Å². The molecule has 1 aliphatic rings. The minimum absolute atomic E-state index is 0.0717. The maximum absolute atomic E-state index is 13.5. The maximum Gasteiger partial charge on any atom is 0.127 e. The molecular formula is C14H20FNS. The van der Waals surface area contributed by atoms with E-state index in [0.29, 0.717) is 5.25 Å². The molecule has 1 aliphatic heterocycles. The van der Waals surface area contributed by atoms with Crippen molar-refractivity contribution in [3.05, 3.63) is 35.6 Å². The molecule has 1 heterocycles. The predicted octanol–water partition coefficient (Wildman–Crippen LogP) is 3.45. The summed E-state index contributed by atoms with van der Waals surface area (Å²) >= 11 is 1.88. The van der Waals surface area contributed by atoms with E-state index in [2.05, 4.69) is 12.2 Å². The van der Waals surface area contributed by atoms with Gasteiger partial charge < -0.3 is 5.32 Å². The van der Waals surface area contributed by atoms with Crippen LogP contribution < -0.4 is 5.32 Å². The van der Waals surface area contributed by atoms with Crippen LogP contribution in [-0.2, 0) is 5.75 Å². The normalized spacial score (nSPS) is 19.2. The van der Waals surface area contributed by atoms with Crippen molar-refractivity contribution in [2.75, 3.05) is 13.1 Å². The summed E-state index contributed by atoms with van der Waals surface area (Å²) in [6.07, 6.45) is 2.51. The first kappa shape index (κ1) is 12.9. The van der Waals surface area contributed by atoms with Crippen LogP contribution >= 0.6 is 11.8 Å². The Hall–Kier alpha value is -0.540. The van der Waals surface area contributed by atoms with E-state index in [-0.39, 0.29) is 5.82 Å². The third-order valence-electron chi connectivity index (χ3n) is 3.51. The molecular weight excluding hydrogens is 233 g/mol. The van der Waals surface area contributed by atoms with E-state index >= 15 is 0 Å². The highest BCUT2D eigenvalue weighted by molar-refractivity contribution is 7.99. The van der Waals surface area contributed by atoms with E-state index in [1.807, 2.05) is 23.9 Å². The molecule has 1 saturated heterocycles. The first-order valence-corrected chi connectivity index (χ1v) is 7.38. The van der Waals surface area contributed by atoms with E-state index in [9.17, 15) is 4.39 Å². The van der Waals surface area contributed by atoms with Crippen molar-refractivity contribution in [1.29, 1.82) is 0 Å². The molecule has 0 spiro atoms. The van der Waals surface area contributed by atoms with Gasteiger partial charge in [-0.15, -0.1) is 0 Å². The molecule has 0 aliphatic carbocycles. The van der Waals surface area contributed by atoms with Crippen molar-refractivity contribution < 1.29 is 4.39 Å². The van der Waals surface area contributed by atoms with Crippen LogP contribution in [0.3, 0.4) is 0 Å². The van der Waals surface area contributed by atoms with Gasteiger partial charge in [0.25, 0.3) is 0 Å². The summed E-state index contributed by atoms with van der Waals surface area (Å²) in [5, 5.41) is 4.01. The summed E-state index contributed by atoms with van der Waals surface area (Å²) in [5.41, 5.74) is 0.832. The van der Waals surface area contributed by atoms with Crippen molar-refractivity contribution in [2.24, 2.45) is 5.92 Å². The first-order chi connectivity index (χ1) is 8.27. The average Bonchev–Trinajstić information content (AvgIpc) is 2.38. The fourth-order valence-corrected chi connectivity index (χ4v) is 3.51. The Bertz CT molecular complexity index is 350. The number of hydrogen-bond donors (Lipinski definition) is 1. The molecule has 0 aromatic heterocycles. The van der Waals surface area contributed by atoms with Gasteiger partial charge in [0.2, 0.25) is 0 Å². The fraction of sp³-hybridized carbons (Fsp3) is 0.571. The largest absolute Gasteiger partial charge is 0.317 e. The van der Waals surface area contributed by atoms with Gasteiger partial charge in [0.15, 0.2) is 0 Å². The minimum Gasteiger partial charge on any atom is -0.317 e. The number of halogens is 1. The number of thioether (sulfide) groups is 1. The van der Waals surface area contributed by atoms with E-state index in [4.69, 9.17) is 0 Å². The average molecular weight is 253 g/mol. The molecule has 94 valence electrons. The van der Waals surface area contributed by atoms with Gasteiger partial charge >= 0.3 is 0 Å². The molecule has 1 atom stereocenters. The van der Waals surface area contributed by atoms with Gasteiger partial charge in [-0.25, -0.2) is 4.39 Å². The monoisotopic (exact) mass is 253 g/mol. The first-order valence-electron chi connectivity index (χ1n) is 6.33. The van der Waals surface area contributed by atoms with Crippen LogP contribution in [0.1, 0.15) is 25.3 Å². The van der Waals surface area contributed by atoms with Crippen molar-refractivity contribution in [3.8, 4) is 0 Å². The quantitative estimate of drug-likeness (QED) is 0.882. The van der Waals surface area contributed by atoms with Crippen molar-refractivity contribution in [3.63, 3.8) is 0 Å². The van der Waals surface area contributed by atoms with Crippen LogP contribution in [0.25, 0.3) is 0 Å². The Morgan fingerprint density at radius 1 is 1.35 bits per heavy atom. The Labute approximate surface area is 107 Å². The number of nitrogens with one attached hydrogen (secondary N) is 1. The molecule has 1 fully saturated rings. The van der Waals surface area contributed by atoms with Crippen molar-refractivity contribution in [1.82, 2.24) is 5.32 Å². The molecule has 3 heteroatoms. The van der Waals surface area contributed by atoms with Gasteiger partial charge in [-0.3, -0.25) is 0 Å². The Kier molecular flexibility index (Phi) is 4.86. The predicted molar refractivity (Wildman–Crippen MR) is 72.8 cm³/mol. The van der Waals surface area contributed by atoms with Gasteiger partial charge in [0.05, 0.1) is 0 Å². The van der Waals surface area contributed by atoms with Gasteiger partial charge in [-0.05, 0) is 43.5 Å². The molecule has 0 radical (unpaired) electrons. The molecule has 1 aromatic rings. The van der Waals surface area contributed by atoms with Gasteiger partial charge in [-0.1, -0.05) is 25.1 Å². The lowest BCUT2D eigenvalue weighted by molar-refractivity contribution is 0.373. The Morgan fingerprint density at radius 3 is 2.76 bits per heavy atom. The fourth-order valence-electron chi connectivity index (χ4n) is 2.29. The minimum atomic E-state index is -0.0717. The number of hydrogen-bond acceptors (Lipinski definition) is 2. The molecule has 0 saturated carbocycles. The van der Waals surface area contributed by atoms with E-state index < -0.39 is 0 Å². The molecule has 0 bridgehead atoms. The molecule has 0 amide bonds. The molecule has 17 heavy (non-hydrogen) atoms. The van der Waals surface area contributed by atoms with Gasteiger partial charge in [0.1, 0.15) is 5.82 Å². The number of piperidine rings is 1. The summed E-state index contributed by atoms with van der Waals surface area (Å²) < 4.78 is 13.5. The van der Waals surface area contributed by atoms with Crippen molar-refractivity contribution in [2.45, 2.75) is 30.8 Å². The lowest BCUT2D eigenvalue weighted by Gasteiger charge is -2.27. The summed E-state index contributed by atoms with van der Waals surface area (Å²) in [6.45, 7) is 4.55. The zero-order valence-corrected chi connectivity index (χ0v) is 11.1. The summed E-state index contributed by atoms with van der Waals surface area (Å²) in [6, 6.07) is 7.09. The molecule has 1 N–H and O–H groups in total. The molecule has 1 nitrogen and oxygen atoms in total. The summed E-state index contributed by atoms with van der Waals surface area (Å²) in [5.74, 6) is 1.50. The highest BCUT2D eigenvalue weighted by Gasteiger charge is 2.20. The third kappa shape index (κ3) is 3.71. The zero-order valence-electron chi connectivity index (χ0n) is 10.3. The van der Waals surface area contributed by atoms with Crippen molar-refractivity contribution >= 4 is 11.8 Å². The van der Waals surface area contributed by atoms with Gasteiger partial charge in [-0.2, -0.15) is 11.8 Å². The molecule has 1 unspecified atom stereocenters. The second kappa shape index (κ2) is 6.41. The maximum atomic E-state index is 13.5. The standard InChI is InChI=1S/C14H20FNS/c1-11(12-6-8-16-9-7-12)17-10-13-4-2-3-5-14(13)15/h2-5,11-12,16H,6-10H2,1H3. The highest BCUT2D eigenvalue weighted by atomic mass is 32.2. The van der Waals surface area contributed by atoms with E-state index in [1.165, 1.54) is 12.8 Å². The van der Waals surface area contributed by atoms with Crippen LogP contribution in [0.5, 0.6) is 0 Å². The lowest BCUT2D eigenvalue weighted by Crippen LogP contribution is -2.31. The number of benzene rings is 1. The SMILES string of the molecule is CC(SCc1ccccc1F)C1CCNCC1. The second-order valence-electron chi connectivity index (χ2n) is 4.69. The van der Waals surface area contributed by atoms with Crippen LogP contribution in [0.15, 0.2) is 24.3 Å². The van der Waals surface area contributed by atoms with Crippen LogP contribution in [0, 0.1) is 11.7 Å². The molecule has 1 aromatic carbocycles. The third-order valence-corrected chi connectivity index (χ3v) is 4.90. The Balaban J connectivity index is 1.83. The second-order valence-corrected chi connectivity index (χ2v) is 6.06. The zero-order chi connectivity index (χ0) is 12.1. The van der Waals surface area contributed by atoms with Crippen LogP contribution in [0.4, 0.5) is 4.39 Å². The van der Waals surface area contributed by atoms with E-state index in [0.717, 1.165) is 30.3 Å².